The molecular weight excluding hydrogens is 318 g/mol. The summed E-state index contributed by atoms with van der Waals surface area (Å²) in [6.07, 6.45) is 5.47. The summed E-state index contributed by atoms with van der Waals surface area (Å²) in [4.78, 5) is 26.4. The van der Waals surface area contributed by atoms with E-state index in [1.165, 1.54) is 11.3 Å². The summed E-state index contributed by atoms with van der Waals surface area (Å²) in [5.74, 6) is 1.32. The minimum atomic E-state index is -0.181. The number of carbonyl (C=O) groups excluding carboxylic acids is 2. The summed E-state index contributed by atoms with van der Waals surface area (Å²) in [7, 11) is 0. The van der Waals surface area contributed by atoms with Gasteiger partial charge in [0.25, 0.3) is 5.91 Å². The number of hydrogen-bond donors (Lipinski definition) is 2. The average molecular weight is 343 g/mol. The summed E-state index contributed by atoms with van der Waals surface area (Å²) in [5, 5.41) is 3.21. The first kappa shape index (κ1) is 16.4. The van der Waals surface area contributed by atoms with Crippen molar-refractivity contribution in [2.45, 2.75) is 44.2 Å². The summed E-state index contributed by atoms with van der Waals surface area (Å²) in [6, 6.07) is 7.80. The van der Waals surface area contributed by atoms with E-state index in [9.17, 15) is 9.59 Å². The zero-order valence-electron chi connectivity index (χ0n) is 14.3. The lowest BCUT2D eigenvalue weighted by Crippen LogP contribution is -2.56. The van der Waals surface area contributed by atoms with Gasteiger partial charge in [-0.2, -0.15) is 0 Å². The second kappa shape index (κ2) is 6.67. The van der Waals surface area contributed by atoms with Crippen LogP contribution in [-0.2, 0) is 9.59 Å². The van der Waals surface area contributed by atoms with Crippen molar-refractivity contribution in [3.8, 4) is 5.75 Å². The molecule has 0 aromatic heterocycles. The molecule has 0 radical (unpaired) electrons. The highest BCUT2D eigenvalue weighted by atomic mass is 16.5. The van der Waals surface area contributed by atoms with E-state index >= 15 is 0 Å². The van der Waals surface area contributed by atoms with Crippen molar-refractivity contribution in [3.05, 3.63) is 24.3 Å². The van der Waals surface area contributed by atoms with Gasteiger partial charge in [0, 0.05) is 12.1 Å². The van der Waals surface area contributed by atoms with Gasteiger partial charge in [0.05, 0.1) is 5.69 Å². The number of rotatable bonds is 3. The Labute approximate surface area is 147 Å². The molecule has 3 aliphatic rings. The van der Waals surface area contributed by atoms with E-state index in [0.29, 0.717) is 23.3 Å². The van der Waals surface area contributed by atoms with Crippen LogP contribution >= 0.6 is 0 Å². The predicted octanol–water partition coefficient (Wildman–Crippen LogP) is 1.43. The summed E-state index contributed by atoms with van der Waals surface area (Å²) < 4.78 is 5.43. The molecule has 2 unspecified atom stereocenters. The van der Waals surface area contributed by atoms with Crippen molar-refractivity contribution in [3.63, 3.8) is 0 Å². The molecule has 1 aromatic rings. The normalized spacial score (nSPS) is 31.1. The SMILES string of the molecule is NC1CC2CCCC(C1)C2NC(=O)CN1C(=O)COc2ccccc21. The number of fused-ring (bicyclic) bond motifs is 3. The lowest BCUT2D eigenvalue weighted by atomic mass is 9.67. The Bertz CT molecular complexity index is 664. The Morgan fingerprint density at radius 1 is 1.24 bits per heavy atom. The highest BCUT2D eigenvalue weighted by Crippen LogP contribution is 2.39. The van der Waals surface area contributed by atoms with Crippen LogP contribution in [0.25, 0.3) is 0 Å². The van der Waals surface area contributed by atoms with E-state index in [1.54, 1.807) is 0 Å². The second-order valence-corrected chi connectivity index (χ2v) is 7.51. The van der Waals surface area contributed by atoms with Gasteiger partial charge < -0.3 is 15.8 Å². The van der Waals surface area contributed by atoms with Crippen molar-refractivity contribution >= 4 is 17.5 Å². The Hall–Kier alpha value is -2.08. The molecule has 3 N–H and O–H groups in total. The minimum absolute atomic E-state index is 0.0200. The molecule has 1 aliphatic heterocycles. The van der Waals surface area contributed by atoms with Crippen LogP contribution in [0.4, 0.5) is 5.69 Å². The molecule has 2 aliphatic carbocycles. The fraction of sp³-hybridized carbons (Fsp3) is 0.579. The van der Waals surface area contributed by atoms with Gasteiger partial charge >= 0.3 is 0 Å². The third kappa shape index (κ3) is 3.23. The molecular formula is C19H25N3O3. The van der Waals surface area contributed by atoms with Crippen molar-refractivity contribution in [2.75, 3.05) is 18.1 Å². The molecule has 2 saturated carbocycles. The number of amides is 2. The molecule has 6 heteroatoms. The van der Waals surface area contributed by atoms with E-state index < -0.39 is 0 Å². The maximum absolute atomic E-state index is 12.7. The lowest BCUT2D eigenvalue weighted by molar-refractivity contribution is -0.126. The quantitative estimate of drug-likeness (QED) is 0.870. The zero-order chi connectivity index (χ0) is 17.4. The van der Waals surface area contributed by atoms with Crippen LogP contribution in [0.15, 0.2) is 24.3 Å². The maximum Gasteiger partial charge on any atom is 0.265 e. The van der Waals surface area contributed by atoms with Crippen molar-refractivity contribution in [2.24, 2.45) is 17.6 Å². The van der Waals surface area contributed by atoms with E-state index in [-0.39, 0.29) is 37.0 Å². The molecule has 25 heavy (non-hydrogen) atoms. The van der Waals surface area contributed by atoms with Gasteiger partial charge in [0.2, 0.25) is 5.91 Å². The minimum Gasteiger partial charge on any atom is -0.482 e. The smallest absolute Gasteiger partial charge is 0.265 e. The fourth-order valence-electron chi connectivity index (χ4n) is 4.73. The first-order valence-electron chi connectivity index (χ1n) is 9.19. The van der Waals surface area contributed by atoms with E-state index in [0.717, 1.165) is 25.7 Å². The van der Waals surface area contributed by atoms with Crippen LogP contribution in [0.1, 0.15) is 32.1 Å². The highest BCUT2D eigenvalue weighted by molar-refractivity contribution is 6.02. The van der Waals surface area contributed by atoms with E-state index in [1.807, 2.05) is 24.3 Å². The lowest BCUT2D eigenvalue weighted by Gasteiger charge is -2.45. The number of anilines is 1. The average Bonchev–Trinajstić information content (AvgIpc) is 2.58. The number of nitrogens with zero attached hydrogens (tertiary/aromatic N) is 1. The predicted molar refractivity (Wildman–Crippen MR) is 94.3 cm³/mol. The third-order valence-electron chi connectivity index (χ3n) is 5.81. The Kier molecular flexibility index (Phi) is 4.37. The topological polar surface area (TPSA) is 84.7 Å². The number of hydrogen-bond acceptors (Lipinski definition) is 4. The number of ether oxygens (including phenoxy) is 1. The molecule has 134 valence electrons. The molecule has 0 spiro atoms. The summed E-state index contributed by atoms with van der Waals surface area (Å²) in [6.45, 7) is 0.0228. The molecule has 2 atom stereocenters. The highest BCUT2D eigenvalue weighted by Gasteiger charge is 2.40. The molecule has 6 nitrogen and oxygen atoms in total. The van der Waals surface area contributed by atoms with Gasteiger partial charge in [0.1, 0.15) is 12.3 Å². The van der Waals surface area contributed by atoms with Gasteiger partial charge in [-0.15, -0.1) is 0 Å². The van der Waals surface area contributed by atoms with Crippen molar-refractivity contribution in [1.29, 1.82) is 0 Å². The van der Waals surface area contributed by atoms with Gasteiger partial charge in [-0.3, -0.25) is 14.5 Å². The third-order valence-corrected chi connectivity index (χ3v) is 5.81. The zero-order valence-corrected chi connectivity index (χ0v) is 14.3. The molecule has 2 amide bonds. The summed E-state index contributed by atoms with van der Waals surface area (Å²) >= 11 is 0. The van der Waals surface area contributed by atoms with Crippen molar-refractivity contribution in [1.82, 2.24) is 5.32 Å². The number of nitrogens with one attached hydrogen (secondary N) is 1. The molecule has 0 saturated heterocycles. The maximum atomic E-state index is 12.7. The first-order valence-corrected chi connectivity index (χ1v) is 9.19. The van der Waals surface area contributed by atoms with Crippen LogP contribution in [0.2, 0.25) is 0 Å². The van der Waals surface area contributed by atoms with Crippen LogP contribution in [0, 0.1) is 11.8 Å². The van der Waals surface area contributed by atoms with Crippen LogP contribution in [0.3, 0.4) is 0 Å². The Morgan fingerprint density at radius 3 is 2.72 bits per heavy atom. The van der Waals surface area contributed by atoms with Gasteiger partial charge in [-0.1, -0.05) is 18.6 Å². The number of para-hydroxylation sites is 2. The molecule has 2 fully saturated rings. The number of benzene rings is 1. The van der Waals surface area contributed by atoms with Gasteiger partial charge in [-0.25, -0.2) is 0 Å². The Morgan fingerprint density at radius 2 is 1.96 bits per heavy atom. The largest absolute Gasteiger partial charge is 0.482 e. The number of nitrogens with two attached hydrogens (primary N) is 1. The molecule has 1 heterocycles. The summed E-state index contributed by atoms with van der Waals surface area (Å²) in [5.41, 5.74) is 6.83. The van der Waals surface area contributed by atoms with Gasteiger partial charge in [-0.05, 0) is 49.7 Å². The fourth-order valence-corrected chi connectivity index (χ4v) is 4.73. The van der Waals surface area contributed by atoms with E-state index in [2.05, 4.69) is 5.32 Å². The van der Waals surface area contributed by atoms with Gasteiger partial charge in [0.15, 0.2) is 6.61 Å². The van der Waals surface area contributed by atoms with Crippen LogP contribution in [0.5, 0.6) is 5.75 Å². The van der Waals surface area contributed by atoms with E-state index in [4.69, 9.17) is 10.5 Å². The first-order chi connectivity index (χ1) is 12.1. The monoisotopic (exact) mass is 343 g/mol. The second-order valence-electron chi connectivity index (χ2n) is 7.51. The Balaban J connectivity index is 1.45. The van der Waals surface area contributed by atoms with Crippen LogP contribution < -0.4 is 20.7 Å². The van der Waals surface area contributed by atoms with Crippen LogP contribution in [-0.4, -0.2) is 37.0 Å². The molecule has 2 bridgehead atoms. The van der Waals surface area contributed by atoms with Crippen molar-refractivity contribution < 1.29 is 14.3 Å². The number of carbonyl (C=O) groups is 2. The standard InChI is InChI=1S/C19H25N3O3/c20-14-8-12-4-3-5-13(9-14)19(12)21-17(23)10-22-15-6-1-2-7-16(15)25-11-18(22)24/h1-2,6-7,12-14,19H,3-5,8-11,20H2,(H,21,23). The molecule has 1 aromatic carbocycles. The molecule has 4 rings (SSSR count).